The summed E-state index contributed by atoms with van der Waals surface area (Å²) in [6.07, 6.45) is 3.49. The van der Waals surface area contributed by atoms with Gasteiger partial charge in [-0.05, 0) is 38.7 Å². The average molecular weight is 370 g/mol. The topological polar surface area (TPSA) is 59.4 Å². The smallest absolute Gasteiger partial charge is 0.317 e. The summed E-state index contributed by atoms with van der Waals surface area (Å²) in [5.74, 6) is 0. The first-order valence-electron chi connectivity index (χ1n) is 9.72. The molecule has 1 fully saturated rings. The van der Waals surface area contributed by atoms with Crippen molar-refractivity contribution in [3.8, 4) is 0 Å². The van der Waals surface area contributed by atoms with E-state index in [2.05, 4.69) is 29.5 Å². The van der Waals surface area contributed by atoms with Crippen LogP contribution in [0.4, 0.5) is 4.79 Å². The van der Waals surface area contributed by atoms with Crippen molar-refractivity contribution in [2.24, 2.45) is 0 Å². The maximum Gasteiger partial charge on any atom is 0.317 e. The minimum atomic E-state index is -0.0706. The van der Waals surface area contributed by atoms with Crippen molar-refractivity contribution in [3.63, 3.8) is 0 Å². The summed E-state index contributed by atoms with van der Waals surface area (Å²) in [5, 5.41) is 7.68. The van der Waals surface area contributed by atoms with E-state index in [1.165, 1.54) is 12.0 Å². The monoisotopic (exact) mass is 370 g/mol. The van der Waals surface area contributed by atoms with Gasteiger partial charge < -0.3 is 15.0 Å². The van der Waals surface area contributed by atoms with Crippen LogP contribution in [0.5, 0.6) is 0 Å². The van der Waals surface area contributed by atoms with E-state index in [1.807, 2.05) is 36.9 Å². The second kappa shape index (κ2) is 9.04. The number of carbonyl (C=O) groups is 1. The molecular weight excluding hydrogens is 340 g/mol. The van der Waals surface area contributed by atoms with Crippen molar-refractivity contribution in [3.05, 3.63) is 52.8 Å². The fourth-order valence-electron chi connectivity index (χ4n) is 3.54. The molecule has 0 spiro atoms. The molecule has 2 amide bonds. The summed E-state index contributed by atoms with van der Waals surface area (Å²) in [5.41, 5.74) is 4.35. The molecule has 2 aromatic rings. The molecule has 27 heavy (non-hydrogen) atoms. The van der Waals surface area contributed by atoms with Gasteiger partial charge in [-0.2, -0.15) is 5.10 Å². The Morgan fingerprint density at radius 3 is 2.78 bits per heavy atom. The van der Waals surface area contributed by atoms with Gasteiger partial charge in [0.15, 0.2) is 0 Å². The molecule has 0 aliphatic carbocycles. The lowest BCUT2D eigenvalue weighted by molar-refractivity contribution is 0.00385. The molecule has 1 aliphatic rings. The number of amides is 2. The minimum Gasteiger partial charge on any atom is -0.376 e. The first-order valence-corrected chi connectivity index (χ1v) is 9.72. The number of nitrogens with zero attached hydrogens (tertiary/aromatic N) is 3. The number of nitrogens with one attached hydrogen (secondary N) is 1. The summed E-state index contributed by atoms with van der Waals surface area (Å²) in [6, 6.07) is 10.2. The van der Waals surface area contributed by atoms with Crippen LogP contribution in [-0.2, 0) is 17.8 Å². The van der Waals surface area contributed by atoms with Crippen LogP contribution >= 0.6 is 0 Å². The molecule has 1 atom stereocenters. The van der Waals surface area contributed by atoms with E-state index < -0.39 is 0 Å². The highest BCUT2D eigenvalue weighted by Gasteiger charge is 2.19. The van der Waals surface area contributed by atoms with Crippen molar-refractivity contribution < 1.29 is 9.53 Å². The fraction of sp³-hybridized carbons (Fsp3) is 0.524. The molecule has 3 rings (SSSR count). The Kier molecular flexibility index (Phi) is 6.50. The van der Waals surface area contributed by atoms with Gasteiger partial charge in [0.2, 0.25) is 0 Å². The lowest BCUT2D eigenvalue weighted by Crippen LogP contribution is -2.42. The number of aryl methyl sites for hydroxylation is 1. The number of hydrogen-bond donors (Lipinski definition) is 1. The lowest BCUT2D eigenvalue weighted by atomic mass is 10.1. The number of rotatable bonds is 6. The van der Waals surface area contributed by atoms with Gasteiger partial charge in [0.1, 0.15) is 0 Å². The molecular formula is C21H30N4O2. The minimum absolute atomic E-state index is 0.0706. The molecule has 0 saturated carbocycles. The van der Waals surface area contributed by atoms with E-state index in [0.29, 0.717) is 13.1 Å². The lowest BCUT2D eigenvalue weighted by Gasteiger charge is -2.27. The molecule has 146 valence electrons. The van der Waals surface area contributed by atoms with Crippen molar-refractivity contribution in [1.29, 1.82) is 0 Å². The van der Waals surface area contributed by atoms with Crippen LogP contribution in [0.25, 0.3) is 0 Å². The van der Waals surface area contributed by atoms with Gasteiger partial charge >= 0.3 is 6.03 Å². The summed E-state index contributed by atoms with van der Waals surface area (Å²) in [7, 11) is 1.83. The van der Waals surface area contributed by atoms with Gasteiger partial charge in [0.05, 0.1) is 18.3 Å². The van der Waals surface area contributed by atoms with Crippen molar-refractivity contribution in [1.82, 2.24) is 20.0 Å². The molecule has 1 N–H and O–H groups in total. The van der Waals surface area contributed by atoms with E-state index in [1.54, 1.807) is 4.90 Å². The van der Waals surface area contributed by atoms with Crippen LogP contribution in [0.2, 0.25) is 0 Å². The summed E-state index contributed by atoms with van der Waals surface area (Å²) in [4.78, 5) is 14.2. The third-order valence-electron chi connectivity index (χ3n) is 5.22. The normalized spacial score (nSPS) is 16.9. The zero-order valence-corrected chi connectivity index (χ0v) is 16.6. The molecule has 1 aliphatic heterocycles. The third-order valence-corrected chi connectivity index (χ3v) is 5.22. The van der Waals surface area contributed by atoms with E-state index in [0.717, 1.165) is 42.9 Å². The molecule has 6 nitrogen and oxygen atoms in total. The van der Waals surface area contributed by atoms with Crippen LogP contribution in [0.1, 0.15) is 41.8 Å². The maximum absolute atomic E-state index is 12.4. The number of carbonyl (C=O) groups excluding carboxylic acids is 1. The van der Waals surface area contributed by atoms with Gasteiger partial charge in [0.25, 0.3) is 0 Å². The van der Waals surface area contributed by atoms with Crippen molar-refractivity contribution in [2.45, 2.75) is 52.3 Å². The van der Waals surface area contributed by atoms with Gasteiger partial charge in [-0.15, -0.1) is 0 Å². The third kappa shape index (κ3) is 5.10. The molecule has 6 heteroatoms. The largest absolute Gasteiger partial charge is 0.376 e. The number of ether oxygens (including phenoxy) is 1. The molecule has 0 bridgehead atoms. The van der Waals surface area contributed by atoms with Crippen LogP contribution in [0, 0.1) is 13.8 Å². The zero-order valence-electron chi connectivity index (χ0n) is 16.6. The second-order valence-corrected chi connectivity index (χ2v) is 7.32. The predicted molar refractivity (Wildman–Crippen MR) is 106 cm³/mol. The Bertz CT molecular complexity index is 751. The highest BCUT2D eigenvalue weighted by atomic mass is 16.5. The summed E-state index contributed by atoms with van der Waals surface area (Å²) < 4.78 is 7.73. The number of urea groups is 1. The van der Waals surface area contributed by atoms with Crippen LogP contribution in [0.15, 0.2) is 30.3 Å². The fourth-order valence-corrected chi connectivity index (χ4v) is 3.54. The van der Waals surface area contributed by atoms with E-state index >= 15 is 0 Å². The number of hydrogen-bond acceptors (Lipinski definition) is 3. The SMILES string of the molecule is Cc1nn(Cc2ccccc2)c(C)c1CNC(=O)N(C)CC1CCCCO1. The Morgan fingerprint density at radius 2 is 2.07 bits per heavy atom. The summed E-state index contributed by atoms with van der Waals surface area (Å²) >= 11 is 0. The van der Waals surface area contributed by atoms with Gasteiger partial charge in [0, 0.05) is 38.0 Å². The van der Waals surface area contributed by atoms with Gasteiger partial charge in [-0.3, -0.25) is 4.68 Å². The Labute approximate surface area is 161 Å². The van der Waals surface area contributed by atoms with Gasteiger partial charge in [-0.25, -0.2) is 4.79 Å². The number of likely N-dealkylation sites (N-methyl/N-ethyl adjacent to an activating group) is 1. The van der Waals surface area contributed by atoms with Crippen LogP contribution in [-0.4, -0.2) is 47.0 Å². The first kappa shape index (κ1) is 19.4. The maximum atomic E-state index is 12.4. The molecule has 1 aromatic carbocycles. The van der Waals surface area contributed by atoms with Crippen LogP contribution in [0.3, 0.4) is 0 Å². The standard InChI is InChI=1S/C21H30N4O2/c1-16-20(17(2)25(23-16)14-18-9-5-4-6-10-18)13-22-21(26)24(3)15-19-11-7-8-12-27-19/h4-6,9-10,19H,7-8,11-15H2,1-3H3,(H,22,26). The second-order valence-electron chi connectivity index (χ2n) is 7.32. The highest BCUT2D eigenvalue weighted by molar-refractivity contribution is 5.73. The quantitative estimate of drug-likeness (QED) is 0.849. The van der Waals surface area contributed by atoms with E-state index in [9.17, 15) is 4.79 Å². The van der Waals surface area contributed by atoms with Gasteiger partial charge in [-0.1, -0.05) is 30.3 Å². The van der Waals surface area contributed by atoms with E-state index in [-0.39, 0.29) is 12.1 Å². The molecule has 1 aromatic heterocycles. The Hall–Kier alpha value is -2.34. The Balaban J connectivity index is 1.56. The predicted octanol–water partition coefficient (Wildman–Crippen LogP) is 3.26. The Morgan fingerprint density at radius 1 is 1.30 bits per heavy atom. The molecule has 1 saturated heterocycles. The van der Waals surface area contributed by atoms with Crippen molar-refractivity contribution >= 4 is 6.03 Å². The molecule has 1 unspecified atom stereocenters. The number of aromatic nitrogens is 2. The average Bonchev–Trinajstić information content (AvgIpc) is 2.94. The molecule has 0 radical (unpaired) electrons. The number of benzene rings is 1. The summed E-state index contributed by atoms with van der Waals surface area (Å²) in [6.45, 7) is 6.72. The highest BCUT2D eigenvalue weighted by Crippen LogP contribution is 2.16. The zero-order chi connectivity index (χ0) is 19.2. The van der Waals surface area contributed by atoms with Crippen LogP contribution < -0.4 is 5.32 Å². The first-order chi connectivity index (χ1) is 13.0. The molecule has 2 heterocycles. The van der Waals surface area contributed by atoms with Crippen molar-refractivity contribution in [2.75, 3.05) is 20.2 Å². The van der Waals surface area contributed by atoms with E-state index in [4.69, 9.17) is 4.74 Å².